The lowest BCUT2D eigenvalue weighted by Gasteiger charge is -2.33. The number of benzene rings is 1. The van der Waals surface area contributed by atoms with Crippen LogP contribution in [-0.2, 0) is 11.0 Å². The molecule has 1 aromatic rings. The Balaban J connectivity index is 2.13. The molecule has 0 bridgehead atoms. The minimum absolute atomic E-state index is 0.244. The van der Waals surface area contributed by atoms with Crippen molar-refractivity contribution in [3.05, 3.63) is 33.9 Å². The van der Waals surface area contributed by atoms with Gasteiger partial charge in [0.2, 0.25) is 0 Å². The molecule has 4 atom stereocenters. The fourth-order valence-electron chi connectivity index (χ4n) is 3.59. The Kier molecular flexibility index (Phi) is 6.46. The Morgan fingerprint density at radius 1 is 1.33 bits per heavy atom. The van der Waals surface area contributed by atoms with E-state index in [0.29, 0.717) is 17.9 Å². The summed E-state index contributed by atoms with van der Waals surface area (Å²) in [5.74, 6) is 0.403. The molecule has 0 aromatic heterocycles. The van der Waals surface area contributed by atoms with Crippen molar-refractivity contribution in [2.24, 2.45) is 11.8 Å². The fraction of sp³-hybridized carbons (Fsp3) is 0.611. The number of quaternary nitrogens is 1. The van der Waals surface area contributed by atoms with Crippen LogP contribution in [0.2, 0.25) is 0 Å². The first-order valence-corrected chi connectivity index (χ1v) is 9.02. The van der Waals surface area contributed by atoms with E-state index in [0.717, 1.165) is 31.4 Å². The second-order valence-corrected chi connectivity index (χ2v) is 7.39. The second kappa shape index (κ2) is 8.24. The molecule has 0 saturated heterocycles. The summed E-state index contributed by atoms with van der Waals surface area (Å²) >= 11 is 0. The highest BCUT2D eigenvalue weighted by molar-refractivity contribution is 5.94. The van der Waals surface area contributed by atoms with Crippen molar-refractivity contribution < 1.29 is 28.2 Å². The van der Waals surface area contributed by atoms with Gasteiger partial charge in [0.1, 0.15) is 0 Å². The van der Waals surface area contributed by atoms with Crippen LogP contribution in [0, 0.1) is 22.0 Å². The number of nitrogens with zero attached hydrogens (tertiary/aromatic N) is 1. The third kappa shape index (κ3) is 5.18. The number of nitrogens with one attached hydrogen (secondary N) is 1. The maximum absolute atomic E-state index is 13.2. The number of nitro groups is 1. The summed E-state index contributed by atoms with van der Waals surface area (Å²) in [7, 11) is 0. The average molecular weight is 388 g/mol. The van der Waals surface area contributed by atoms with Gasteiger partial charge in [-0.25, -0.2) is 0 Å². The van der Waals surface area contributed by atoms with Gasteiger partial charge < -0.3 is 10.6 Å². The molecule has 0 unspecified atom stereocenters. The molecule has 27 heavy (non-hydrogen) atoms. The molecule has 1 saturated carbocycles. The molecule has 0 aliphatic heterocycles. The first-order chi connectivity index (χ1) is 12.5. The summed E-state index contributed by atoms with van der Waals surface area (Å²) in [5, 5.41) is 14.9. The maximum atomic E-state index is 13.2. The SMILES string of the molecule is C[C@@H]1[C@H](C)CCC[C@H]1[NH2+][C@@H](C)C(=O)Nc1ccc([N+](=O)[O-])cc1C(F)(F)F. The molecule has 0 radical (unpaired) electrons. The van der Waals surface area contributed by atoms with E-state index in [1.165, 1.54) is 0 Å². The van der Waals surface area contributed by atoms with Gasteiger partial charge in [-0.15, -0.1) is 0 Å². The molecule has 1 fully saturated rings. The van der Waals surface area contributed by atoms with Crippen molar-refractivity contribution in [2.45, 2.75) is 58.3 Å². The second-order valence-electron chi connectivity index (χ2n) is 7.39. The van der Waals surface area contributed by atoms with Gasteiger partial charge in [-0.1, -0.05) is 13.8 Å². The van der Waals surface area contributed by atoms with Crippen LogP contribution in [0.4, 0.5) is 24.5 Å². The van der Waals surface area contributed by atoms with Gasteiger partial charge in [-0.2, -0.15) is 13.2 Å². The third-order valence-corrected chi connectivity index (χ3v) is 5.50. The Hall–Kier alpha value is -2.16. The van der Waals surface area contributed by atoms with Gasteiger partial charge >= 0.3 is 6.18 Å². The zero-order valence-corrected chi connectivity index (χ0v) is 15.5. The van der Waals surface area contributed by atoms with Crippen LogP contribution in [0.25, 0.3) is 0 Å². The lowest BCUT2D eigenvalue weighted by atomic mass is 9.78. The normalized spacial score (nSPS) is 24.3. The van der Waals surface area contributed by atoms with Crippen LogP contribution >= 0.6 is 0 Å². The van der Waals surface area contributed by atoms with Crippen LogP contribution < -0.4 is 10.6 Å². The zero-order chi connectivity index (χ0) is 20.4. The van der Waals surface area contributed by atoms with E-state index in [-0.39, 0.29) is 6.04 Å². The highest BCUT2D eigenvalue weighted by Gasteiger charge is 2.37. The van der Waals surface area contributed by atoms with Crippen LogP contribution in [0.5, 0.6) is 0 Å². The fourth-order valence-corrected chi connectivity index (χ4v) is 3.59. The number of carbonyl (C=O) groups excluding carboxylic acids is 1. The quantitative estimate of drug-likeness (QED) is 0.599. The molecule has 1 aliphatic rings. The minimum atomic E-state index is -4.81. The predicted molar refractivity (Wildman–Crippen MR) is 94.1 cm³/mol. The lowest BCUT2D eigenvalue weighted by molar-refractivity contribution is -0.715. The van der Waals surface area contributed by atoms with Gasteiger partial charge in [0.05, 0.1) is 22.2 Å². The van der Waals surface area contributed by atoms with Crippen molar-refractivity contribution in [2.75, 3.05) is 5.32 Å². The summed E-state index contributed by atoms with van der Waals surface area (Å²) in [6, 6.07) is 1.99. The molecule has 6 nitrogen and oxygen atoms in total. The van der Waals surface area contributed by atoms with Crippen molar-refractivity contribution >= 4 is 17.3 Å². The molecule has 3 N–H and O–H groups in total. The number of halogens is 3. The third-order valence-electron chi connectivity index (χ3n) is 5.50. The first-order valence-electron chi connectivity index (χ1n) is 9.02. The highest BCUT2D eigenvalue weighted by Crippen LogP contribution is 2.37. The molecule has 0 heterocycles. The summed E-state index contributed by atoms with van der Waals surface area (Å²) < 4.78 is 39.7. The van der Waals surface area contributed by atoms with Crippen molar-refractivity contribution in [1.82, 2.24) is 0 Å². The van der Waals surface area contributed by atoms with Crippen LogP contribution in [0.15, 0.2) is 18.2 Å². The summed E-state index contributed by atoms with van der Waals surface area (Å²) in [6.07, 6.45) is -1.63. The van der Waals surface area contributed by atoms with E-state index in [9.17, 15) is 28.1 Å². The number of alkyl halides is 3. The number of hydrogen-bond donors (Lipinski definition) is 2. The lowest BCUT2D eigenvalue weighted by Crippen LogP contribution is -2.97. The number of nitrogens with two attached hydrogens (primary N) is 1. The van der Waals surface area contributed by atoms with E-state index in [1.54, 1.807) is 6.92 Å². The van der Waals surface area contributed by atoms with Gasteiger partial charge in [-0.05, 0) is 38.2 Å². The Labute approximate surface area is 155 Å². The molecule has 150 valence electrons. The van der Waals surface area contributed by atoms with Gasteiger partial charge in [-0.3, -0.25) is 14.9 Å². The summed E-state index contributed by atoms with van der Waals surface area (Å²) in [4.78, 5) is 22.3. The van der Waals surface area contributed by atoms with Crippen LogP contribution in [0.3, 0.4) is 0 Å². The number of nitro benzene ring substituents is 1. The molecule has 2 rings (SSSR count). The first kappa shape index (κ1) is 21.1. The Morgan fingerprint density at radius 2 is 2.00 bits per heavy atom. The van der Waals surface area contributed by atoms with E-state index in [1.807, 2.05) is 5.32 Å². The number of carbonyl (C=O) groups is 1. The molecule has 1 amide bonds. The molecular weight excluding hydrogens is 363 g/mol. The van der Waals surface area contributed by atoms with E-state index >= 15 is 0 Å². The largest absolute Gasteiger partial charge is 0.418 e. The van der Waals surface area contributed by atoms with Crippen LogP contribution in [0.1, 0.15) is 45.6 Å². The van der Waals surface area contributed by atoms with Crippen molar-refractivity contribution in [1.29, 1.82) is 0 Å². The van der Waals surface area contributed by atoms with E-state index in [4.69, 9.17) is 0 Å². The maximum Gasteiger partial charge on any atom is 0.418 e. The summed E-state index contributed by atoms with van der Waals surface area (Å²) in [6.45, 7) is 5.95. The topological polar surface area (TPSA) is 88.8 Å². The molecule has 1 aromatic carbocycles. The van der Waals surface area contributed by atoms with Crippen molar-refractivity contribution in [3.63, 3.8) is 0 Å². The average Bonchev–Trinajstić information content (AvgIpc) is 2.58. The van der Waals surface area contributed by atoms with Gasteiger partial charge in [0, 0.05) is 18.1 Å². The predicted octanol–water partition coefficient (Wildman–Crippen LogP) is 3.33. The van der Waals surface area contributed by atoms with Crippen LogP contribution in [-0.4, -0.2) is 22.9 Å². The van der Waals surface area contributed by atoms with Crippen molar-refractivity contribution in [3.8, 4) is 0 Å². The Bertz CT molecular complexity index is 709. The highest BCUT2D eigenvalue weighted by atomic mass is 19.4. The van der Waals surface area contributed by atoms with Gasteiger partial charge in [0.15, 0.2) is 6.04 Å². The minimum Gasteiger partial charge on any atom is -0.334 e. The number of amides is 1. The molecule has 9 heteroatoms. The number of non-ortho nitro benzene ring substituents is 1. The monoisotopic (exact) mass is 388 g/mol. The van der Waals surface area contributed by atoms with E-state index in [2.05, 4.69) is 19.2 Å². The molecule has 0 spiro atoms. The number of hydrogen-bond acceptors (Lipinski definition) is 3. The van der Waals surface area contributed by atoms with Gasteiger partial charge in [0.25, 0.3) is 11.6 Å². The molecule has 1 aliphatic carbocycles. The molecular formula is C18H25F3N3O3+. The smallest absolute Gasteiger partial charge is 0.334 e. The zero-order valence-electron chi connectivity index (χ0n) is 15.5. The number of rotatable bonds is 5. The Morgan fingerprint density at radius 3 is 2.59 bits per heavy atom. The summed E-state index contributed by atoms with van der Waals surface area (Å²) in [5.41, 5.74) is -2.37. The standard InChI is InChI=1S/C18H24F3N3O3/c1-10-5-4-6-15(11(10)2)22-12(3)17(25)23-16-8-7-13(24(26)27)9-14(16)18(19,20)21/h7-12,15,22H,4-6H2,1-3H3,(H,23,25)/p+1/t10-,11-,12+,15-/m1/s1. The van der Waals surface area contributed by atoms with E-state index < -0.39 is 40.0 Å². The number of anilines is 1.